The second-order valence-corrected chi connectivity index (χ2v) is 7.93. The number of rotatable bonds is 7. The molecule has 0 atom stereocenters. The van der Waals surface area contributed by atoms with Crippen molar-refractivity contribution >= 4 is 11.8 Å². The minimum Gasteiger partial charge on any atom is -0.355 e. The molecule has 0 radical (unpaired) electrons. The highest BCUT2D eigenvalue weighted by Crippen LogP contribution is 2.21. The SMILES string of the molecule is CCN1CCN(CCNC(=O)CC2CCN(C(=O)c3ccccc3)CC2)CC1. The standard InChI is InChI=1S/C22H34N4O2/c1-2-24-14-16-25(17-15-24)13-10-23-21(27)18-19-8-11-26(12-9-19)22(28)20-6-4-3-5-7-20/h3-7,19H,2,8-18H2,1H3,(H,23,27). The summed E-state index contributed by atoms with van der Waals surface area (Å²) in [5.74, 6) is 0.639. The molecular weight excluding hydrogens is 352 g/mol. The fourth-order valence-electron chi connectivity index (χ4n) is 4.12. The number of likely N-dealkylation sites (tertiary alicyclic amines) is 1. The topological polar surface area (TPSA) is 55.9 Å². The molecule has 1 aromatic carbocycles. The Morgan fingerprint density at radius 1 is 0.964 bits per heavy atom. The van der Waals surface area contributed by atoms with E-state index in [0.29, 0.717) is 12.3 Å². The van der Waals surface area contributed by atoms with Crippen LogP contribution in [-0.2, 0) is 4.79 Å². The monoisotopic (exact) mass is 386 g/mol. The summed E-state index contributed by atoms with van der Waals surface area (Å²) in [6, 6.07) is 9.45. The van der Waals surface area contributed by atoms with Crippen LogP contribution in [0.5, 0.6) is 0 Å². The maximum absolute atomic E-state index is 12.5. The Morgan fingerprint density at radius 3 is 2.25 bits per heavy atom. The number of carbonyl (C=O) groups excluding carboxylic acids is 2. The molecule has 2 saturated heterocycles. The molecule has 1 aromatic rings. The summed E-state index contributed by atoms with van der Waals surface area (Å²) in [6.07, 6.45) is 2.40. The molecule has 3 rings (SSSR count). The molecule has 0 aliphatic carbocycles. The predicted octanol–water partition coefficient (Wildman–Crippen LogP) is 1.68. The van der Waals surface area contributed by atoms with E-state index >= 15 is 0 Å². The fourth-order valence-corrected chi connectivity index (χ4v) is 4.12. The van der Waals surface area contributed by atoms with Gasteiger partial charge in [-0.25, -0.2) is 0 Å². The van der Waals surface area contributed by atoms with Gasteiger partial charge in [0.25, 0.3) is 5.91 Å². The normalized spacial score (nSPS) is 19.5. The van der Waals surface area contributed by atoms with Gasteiger partial charge in [0, 0.05) is 64.3 Å². The third-order valence-corrected chi connectivity index (χ3v) is 6.06. The summed E-state index contributed by atoms with van der Waals surface area (Å²) in [5.41, 5.74) is 0.749. The van der Waals surface area contributed by atoms with Gasteiger partial charge in [0.15, 0.2) is 0 Å². The Bertz CT molecular complexity index is 621. The summed E-state index contributed by atoms with van der Waals surface area (Å²) in [6.45, 7) is 10.9. The van der Waals surface area contributed by atoms with Crippen LogP contribution in [0.4, 0.5) is 0 Å². The molecule has 6 nitrogen and oxygen atoms in total. The van der Waals surface area contributed by atoms with Gasteiger partial charge in [0.1, 0.15) is 0 Å². The van der Waals surface area contributed by atoms with Gasteiger partial charge in [0.05, 0.1) is 0 Å². The third-order valence-electron chi connectivity index (χ3n) is 6.06. The van der Waals surface area contributed by atoms with Crippen LogP contribution in [0.3, 0.4) is 0 Å². The van der Waals surface area contributed by atoms with Crippen LogP contribution in [0.15, 0.2) is 30.3 Å². The molecule has 2 aliphatic rings. The second kappa shape index (κ2) is 10.6. The van der Waals surface area contributed by atoms with Crippen molar-refractivity contribution in [1.29, 1.82) is 0 Å². The third kappa shape index (κ3) is 6.04. The molecular formula is C22H34N4O2. The van der Waals surface area contributed by atoms with E-state index in [1.165, 1.54) is 0 Å². The smallest absolute Gasteiger partial charge is 0.253 e. The van der Waals surface area contributed by atoms with Crippen LogP contribution in [-0.4, -0.2) is 85.4 Å². The zero-order chi connectivity index (χ0) is 19.8. The van der Waals surface area contributed by atoms with E-state index in [1.807, 2.05) is 35.2 Å². The van der Waals surface area contributed by atoms with Gasteiger partial charge in [0.2, 0.25) is 5.91 Å². The van der Waals surface area contributed by atoms with Crippen molar-refractivity contribution in [3.05, 3.63) is 35.9 Å². The van der Waals surface area contributed by atoms with E-state index in [-0.39, 0.29) is 11.8 Å². The van der Waals surface area contributed by atoms with Crippen LogP contribution in [0, 0.1) is 5.92 Å². The highest BCUT2D eigenvalue weighted by Gasteiger charge is 2.25. The van der Waals surface area contributed by atoms with Crippen LogP contribution in [0.2, 0.25) is 0 Å². The zero-order valence-electron chi connectivity index (χ0n) is 17.1. The molecule has 2 aliphatic heterocycles. The average molecular weight is 387 g/mol. The lowest BCUT2D eigenvalue weighted by Gasteiger charge is -2.34. The van der Waals surface area contributed by atoms with Gasteiger partial charge in [-0.1, -0.05) is 25.1 Å². The van der Waals surface area contributed by atoms with Crippen LogP contribution in [0.1, 0.15) is 36.5 Å². The van der Waals surface area contributed by atoms with Crippen molar-refractivity contribution in [3.8, 4) is 0 Å². The Balaban J connectivity index is 1.30. The van der Waals surface area contributed by atoms with E-state index < -0.39 is 0 Å². The van der Waals surface area contributed by atoms with Gasteiger partial charge in [-0.2, -0.15) is 0 Å². The molecule has 0 saturated carbocycles. The molecule has 2 fully saturated rings. The lowest BCUT2D eigenvalue weighted by molar-refractivity contribution is -0.122. The second-order valence-electron chi connectivity index (χ2n) is 7.93. The first kappa shape index (κ1) is 20.8. The Morgan fingerprint density at radius 2 is 1.61 bits per heavy atom. The molecule has 0 bridgehead atoms. The summed E-state index contributed by atoms with van der Waals surface area (Å²) in [5, 5.41) is 3.09. The van der Waals surface area contributed by atoms with Gasteiger partial charge in [-0.3, -0.25) is 14.5 Å². The average Bonchev–Trinajstić information content (AvgIpc) is 2.75. The van der Waals surface area contributed by atoms with E-state index in [2.05, 4.69) is 22.0 Å². The van der Waals surface area contributed by atoms with Gasteiger partial charge >= 0.3 is 0 Å². The largest absolute Gasteiger partial charge is 0.355 e. The summed E-state index contributed by atoms with van der Waals surface area (Å²) < 4.78 is 0. The Labute approximate surface area is 168 Å². The van der Waals surface area contributed by atoms with Crippen LogP contribution in [0.25, 0.3) is 0 Å². The van der Waals surface area contributed by atoms with Gasteiger partial charge in [-0.05, 0) is 37.4 Å². The first-order valence-electron chi connectivity index (χ1n) is 10.7. The minimum absolute atomic E-state index is 0.103. The number of piperazine rings is 1. The van der Waals surface area contributed by atoms with E-state index in [9.17, 15) is 9.59 Å². The van der Waals surface area contributed by atoms with Crippen molar-refractivity contribution in [2.45, 2.75) is 26.2 Å². The predicted molar refractivity (Wildman–Crippen MR) is 111 cm³/mol. The number of amides is 2. The number of benzene rings is 1. The molecule has 1 N–H and O–H groups in total. The maximum Gasteiger partial charge on any atom is 0.253 e. The van der Waals surface area contributed by atoms with Crippen molar-refractivity contribution in [2.75, 3.05) is 58.9 Å². The van der Waals surface area contributed by atoms with Gasteiger partial charge in [-0.15, -0.1) is 0 Å². The highest BCUT2D eigenvalue weighted by atomic mass is 16.2. The molecule has 2 amide bonds. The number of hydrogen-bond donors (Lipinski definition) is 1. The number of nitrogens with one attached hydrogen (secondary N) is 1. The van der Waals surface area contributed by atoms with E-state index in [1.54, 1.807) is 0 Å². The lowest BCUT2D eigenvalue weighted by atomic mass is 9.93. The van der Waals surface area contributed by atoms with Gasteiger partial charge < -0.3 is 15.1 Å². The molecule has 0 spiro atoms. The summed E-state index contributed by atoms with van der Waals surface area (Å²) >= 11 is 0. The van der Waals surface area contributed by atoms with E-state index in [0.717, 1.165) is 77.3 Å². The quantitative estimate of drug-likeness (QED) is 0.775. The Hall–Kier alpha value is -1.92. The lowest BCUT2D eigenvalue weighted by Crippen LogP contribution is -2.48. The van der Waals surface area contributed by atoms with Crippen molar-refractivity contribution in [2.24, 2.45) is 5.92 Å². The number of nitrogens with zero attached hydrogens (tertiary/aromatic N) is 3. The number of carbonyl (C=O) groups is 2. The molecule has 28 heavy (non-hydrogen) atoms. The van der Waals surface area contributed by atoms with Crippen molar-refractivity contribution in [1.82, 2.24) is 20.0 Å². The number of likely N-dealkylation sites (N-methyl/N-ethyl adjacent to an activating group) is 1. The first-order chi connectivity index (χ1) is 13.7. The Kier molecular flexibility index (Phi) is 7.86. The summed E-state index contributed by atoms with van der Waals surface area (Å²) in [7, 11) is 0. The summed E-state index contributed by atoms with van der Waals surface area (Å²) in [4.78, 5) is 31.6. The first-order valence-corrected chi connectivity index (χ1v) is 10.7. The zero-order valence-corrected chi connectivity index (χ0v) is 17.1. The molecule has 0 aromatic heterocycles. The van der Waals surface area contributed by atoms with Crippen molar-refractivity contribution < 1.29 is 9.59 Å². The van der Waals surface area contributed by atoms with Crippen LogP contribution < -0.4 is 5.32 Å². The van der Waals surface area contributed by atoms with Crippen LogP contribution >= 0.6 is 0 Å². The molecule has 2 heterocycles. The molecule has 0 unspecified atom stereocenters. The number of piperidine rings is 1. The molecule has 6 heteroatoms. The van der Waals surface area contributed by atoms with E-state index in [4.69, 9.17) is 0 Å². The molecule has 154 valence electrons. The highest BCUT2D eigenvalue weighted by molar-refractivity contribution is 5.94. The van der Waals surface area contributed by atoms with Crippen molar-refractivity contribution in [3.63, 3.8) is 0 Å². The maximum atomic E-state index is 12.5. The fraction of sp³-hybridized carbons (Fsp3) is 0.636. The minimum atomic E-state index is 0.103. The number of hydrogen-bond acceptors (Lipinski definition) is 4.